The third-order valence-electron chi connectivity index (χ3n) is 2.84. The van der Waals surface area contributed by atoms with Crippen molar-refractivity contribution < 1.29 is 9.47 Å². The molecule has 0 aliphatic heterocycles. The molecule has 0 saturated heterocycles. The predicted octanol–water partition coefficient (Wildman–Crippen LogP) is 2.58. The SMILES string of the molecule is COc1cccc(CNc2ccc(C#N)cn2)c1OC. The van der Waals surface area contributed by atoms with Crippen molar-refractivity contribution in [2.24, 2.45) is 0 Å². The summed E-state index contributed by atoms with van der Waals surface area (Å²) in [5.41, 5.74) is 1.51. The van der Waals surface area contributed by atoms with Crippen molar-refractivity contribution in [3.63, 3.8) is 0 Å². The van der Waals surface area contributed by atoms with Gasteiger partial charge in [0.15, 0.2) is 11.5 Å². The fraction of sp³-hybridized carbons (Fsp3) is 0.200. The van der Waals surface area contributed by atoms with Crippen LogP contribution >= 0.6 is 0 Å². The number of hydrogen-bond acceptors (Lipinski definition) is 5. The summed E-state index contributed by atoms with van der Waals surface area (Å²) in [6.07, 6.45) is 1.53. The minimum absolute atomic E-state index is 0.537. The quantitative estimate of drug-likeness (QED) is 0.903. The van der Waals surface area contributed by atoms with E-state index < -0.39 is 0 Å². The number of para-hydroxylation sites is 1. The summed E-state index contributed by atoms with van der Waals surface area (Å²) >= 11 is 0. The maximum Gasteiger partial charge on any atom is 0.165 e. The largest absolute Gasteiger partial charge is 0.493 e. The Morgan fingerprint density at radius 1 is 1.20 bits per heavy atom. The normalized spacial score (nSPS) is 9.65. The lowest BCUT2D eigenvalue weighted by Crippen LogP contribution is -2.04. The summed E-state index contributed by atoms with van der Waals surface area (Å²) in [6.45, 7) is 0.555. The van der Waals surface area contributed by atoms with Gasteiger partial charge in [-0.15, -0.1) is 0 Å². The van der Waals surface area contributed by atoms with Crippen LogP contribution in [0.5, 0.6) is 11.5 Å². The van der Waals surface area contributed by atoms with Crippen LogP contribution in [0, 0.1) is 11.3 Å². The van der Waals surface area contributed by atoms with E-state index in [1.165, 1.54) is 6.20 Å². The van der Waals surface area contributed by atoms with Crippen LogP contribution < -0.4 is 14.8 Å². The highest BCUT2D eigenvalue weighted by molar-refractivity contribution is 5.48. The summed E-state index contributed by atoms with van der Waals surface area (Å²) < 4.78 is 10.6. The van der Waals surface area contributed by atoms with Crippen LogP contribution in [-0.4, -0.2) is 19.2 Å². The standard InChI is InChI=1S/C15H15N3O2/c1-19-13-5-3-4-12(15(13)20-2)10-18-14-7-6-11(8-16)9-17-14/h3-7,9H,10H2,1-2H3,(H,17,18). The van der Waals surface area contributed by atoms with Crippen LogP contribution in [0.3, 0.4) is 0 Å². The number of nitriles is 1. The Morgan fingerprint density at radius 3 is 2.65 bits per heavy atom. The molecule has 1 aromatic heterocycles. The van der Waals surface area contributed by atoms with Crippen molar-refractivity contribution in [2.75, 3.05) is 19.5 Å². The maximum atomic E-state index is 8.72. The van der Waals surface area contributed by atoms with Crippen molar-refractivity contribution in [3.8, 4) is 17.6 Å². The van der Waals surface area contributed by atoms with E-state index in [1.54, 1.807) is 26.4 Å². The van der Waals surface area contributed by atoms with Gasteiger partial charge in [0.1, 0.15) is 11.9 Å². The number of benzene rings is 1. The first-order chi connectivity index (χ1) is 9.78. The highest BCUT2D eigenvalue weighted by atomic mass is 16.5. The topological polar surface area (TPSA) is 67.2 Å². The number of ether oxygens (including phenoxy) is 2. The summed E-state index contributed by atoms with van der Waals surface area (Å²) in [6, 6.07) is 11.2. The minimum Gasteiger partial charge on any atom is -0.493 e. The third-order valence-corrected chi connectivity index (χ3v) is 2.84. The second kappa shape index (κ2) is 6.43. The number of hydrogen-bond donors (Lipinski definition) is 1. The molecule has 0 fully saturated rings. The van der Waals surface area contributed by atoms with Crippen molar-refractivity contribution in [1.82, 2.24) is 4.98 Å². The zero-order valence-electron chi connectivity index (χ0n) is 11.4. The number of aromatic nitrogens is 1. The van der Waals surface area contributed by atoms with Crippen LogP contribution in [0.4, 0.5) is 5.82 Å². The molecule has 0 spiro atoms. The molecule has 1 heterocycles. The Hall–Kier alpha value is -2.74. The van der Waals surface area contributed by atoms with E-state index >= 15 is 0 Å². The molecule has 0 saturated carbocycles. The number of methoxy groups -OCH3 is 2. The number of anilines is 1. The summed E-state index contributed by atoms with van der Waals surface area (Å²) in [4.78, 5) is 4.16. The molecule has 102 valence electrons. The Labute approximate surface area is 117 Å². The number of nitrogens with one attached hydrogen (secondary N) is 1. The molecule has 0 aliphatic rings. The molecule has 1 N–H and O–H groups in total. The second-order valence-electron chi connectivity index (χ2n) is 4.05. The molecule has 0 radical (unpaired) electrons. The Kier molecular flexibility index (Phi) is 4.40. The Balaban J connectivity index is 2.12. The predicted molar refractivity (Wildman–Crippen MR) is 75.8 cm³/mol. The van der Waals surface area contributed by atoms with Gasteiger partial charge in [0, 0.05) is 18.3 Å². The highest BCUT2D eigenvalue weighted by Crippen LogP contribution is 2.30. The van der Waals surface area contributed by atoms with E-state index in [9.17, 15) is 0 Å². The maximum absolute atomic E-state index is 8.72. The lowest BCUT2D eigenvalue weighted by atomic mass is 10.2. The van der Waals surface area contributed by atoms with Gasteiger partial charge in [-0.1, -0.05) is 12.1 Å². The first-order valence-corrected chi connectivity index (χ1v) is 6.08. The summed E-state index contributed by atoms with van der Waals surface area (Å²) in [7, 11) is 3.22. The molecule has 2 rings (SSSR count). The Bertz CT molecular complexity index is 618. The molecule has 0 atom stereocenters. The first kappa shape index (κ1) is 13.7. The van der Waals surface area contributed by atoms with E-state index in [1.807, 2.05) is 24.3 Å². The molecule has 5 heteroatoms. The average Bonchev–Trinajstić information content (AvgIpc) is 2.52. The molecule has 1 aromatic carbocycles. The van der Waals surface area contributed by atoms with Crippen molar-refractivity contribution in [2.45, 2.75) is 6.54 Å². The Morgan fingerprint density at radius 2 is 2.05 bits per heavy atom. The van der Waals surface area contributed by atoms with Gasteiger partial charge in [0.25, 0.3) is 0 Å². The number of rotatable bonds is 5. The van der Waals surface area contributed by atoms with Crippen LogP contribution in [0.25, 0.3) is 0 Å². The fourth-order valence-electron chi connectivity index (χ4n) is 1.84. The minimum atomic E-state index is 0.537. The van der Waals surface area contributed by atoms with Gasteiger partial charge < -0.3 is 14.8 Å². The van der Waals surface area contributed by atoms with Gasteiger partial charge in [-0.05, 0) is 18.2 Å². The van der Waals surface area contributed by atoms with Crippen molar-refractivity contribution in [3.05, 3.63) is 47.7 Å². The fourth-order valence-corrected chi connectivity index (χ4v) is 1.84. The first-order valence-electron chi connectivity index (χ1n) is 6.08. The monoisotopic (exact) mass is 269 g/mol. The second-order valence-corrected chi connectivity index (χ2v) is 4.05. The molecule has 20 heavy (non-hydrogen) atoms. The molecular weight excluding hydrogens is 254 g/mol. The summed E-state index contributed by atoms with van der Waals surface area (Å²) in [5.74, 6) is 2.10. The van der Waals surface area contributed by atoms with E-state index in [4.69, 9.17) is 14.7 Å². The van der Waals surface area contributed by atoms with Crippen LogP contribution in [0.15, 0.2) is 36.5 Å². The van der Waals surface area contributed by atoms with Crippen molar-refractivity contribution in [1.29, 1.82) is 5.26 Å². The number of pyridine rings is 1. The lowest BCUT2D eigenvalue weighted by molar-refractivity contribution is 0.352. The molecular formula is C15H15N3O2. The van der Waals surface area contributed by atoms with E-state index in [0.29, 0.717) is 29.4 Å². The zero-order chi connectivity index (χ0) is 14.4. The van der Waals surface area contributed by atoms with E-state index in [-0.39, 0.29) is 0 Å². The smallest absolute Gasteiger partial charge is 0.165 e. The molecule has 0 amide bonds. The summed E-state index contributed by atoms with van der Waals surface area (Å²) in [5, 5.41) is 11.9. The van der Waals surface area contributed by atoms with Crippen molar-refractivity contribution >= 4 is 5.82 Å². The van der Waals surface area contributed by atoms with Gasteiger partial charge in [-0.2, -0.15) is 5.26 Å². The lowest BCUT2D eigenvalue weighted by Gasteiger charge is -2.13. The van der Waals surface area contributed by atoms with Gasteiger partial charge in [-0.3, -0.25) is 0 Å². The number of nitrogens with zero attached hydrogens (tertiary/aromatic N) is 2. The van der Waals surface area contributed by atoms with Gasteiger partial charge in [-0.25, -0.2) is 4.98 Å². The van der Waals surface area contributed by atoms with Gasteiger partial charge >= 0.3 is 0 Å². The van der Waals surface area contributed by atoms with E-state index in [0.717, 1.165) is 5.56 Å². The molecule has 0 aliphatic carbocycles. The van der Waals surface area contributed by atoms with Crippen LogP contribution in [0.1, 0.15) is 11.1 Å². The van der Waals surface area contributed by atoms with Crippen LogP contribution in [0.2, 0.25) is 0 Å². The molecule has 0 unspecified atom stereocenters. The van der Waals surface area contributed by atoms with Gasteiger partial charge in [0.05, 0.1) is 19.8 Å². The third kappa shape index (κ3) is 2.98. The average molecular weight is 269 g/mol. The molecule has 0 bridgehead atoms. The van der Waals surface area contributed by atoms with Crippen LogP contribution in [-0.2, 0) is 6.54 Å². The molecule has 2 aromatic rings. The zero-order valence-corrected chi connectivity index (χ0v) is 11.4. The molecule has 5 nitrogen and oxygen atoms in total. The highest BCUT2D eigenvalue weighted by Gasteiger charge is 2.09. The van der Waals surface area contributed by atoms with E-state index in [2.05, 4.69) is 10.3 Å². The van der Waals surface area contributed by atoms with Gasteiger partial charge in [0.2, 0.25) is 0 Å².